The standard InChI is InChI=1S/C6H9NO2/c1-9-6(8)5-3-2-4-7-5/h4-5H,2-3H2,1H3/t5-/m0/s1. The fourth-order valence-corrected chi connectivity index (χ4v) is 0.823. The van der Waals surface area contributed by atoms with Crippen molar-refractivity contribution in [3.63, 3.8) is 0 Å². The van der Waals surface area contributed by atoms with Crippen LogP contribution in [-0.4, -0.2) is 25.3 Å². The number of carbonyl (C=O) groups excluding carboxylic acids is 1. The van der Waals surface area contributed by atoms with E-state index in [9.17, 15) is 4.79 Å². The first-order chi connectivity index (χ1) is 4.34. The Bertz CT molecular complexity index is 142. The van der Waals surface area contributed by atoms with Crippen LogP contribution in [0.5, 0.6) is 0 Å². The lowest BCUT2D eigenvalue weighted by Gasteiger charge is -2.01. The van der Waals surface area contributed by atoms with Crippen molar-refractivity contribution in [2.24, 2.45) is 4.99 Å². The van der Waals surface area contributed by atoms with Crippen LogP contribution in [0, 0.1) is 0 Å². The summed E-state index contributed by atoms with van der Waals surface area (Å²) in [6.07, 6.45) is 3.48. The molecule has 3 heteroatoms. The van der Waals surface area contributed by atoms with Crippen molar-refractivity contribution in [3.05, 3.63) is 0 Å². The van der Waals surface area contributed by atoms with Crippen molar-refractivity contribution in [3.8, 4) is 0 Å². The van der Waals surface area contributed by atoms with E-state index in [-0.39, 0.29) is 12.0 Å². The van der Waals surface area contributed by atoms with Crippen molar-refractivity contribution < 1.29 is 9.53 Å². The van der Waals surface area contributed by atoms with Gasteiger partial charge in [0.15, 0.2) is 0 Å². The van der Waals surface area contributed by atoms with Crippen LogP contribution >= 0.6 is 0 Å². The highest BCUT2D eigenvalue weighted by Gasteiger charge is 2.19. The molecule has 0 radical (unpaired) electrons. The largest absolute Gasteiger partial charge is 0.467 e. The zero-order valence-corrected chi connectivity index (χ0v) is 5.33. The van der Waals surface area contributed by atoms with Gasteiger partial charge in [0.1, 0.15) is 6.04 Å². The number of nitrogens with zero attached hydrogens (tertiary/aromatic N) is 1. The molecule has 9 heavy (non-hydrogen) atoms. The average Bonchev–Trinajstić information content (AvgIpc) is 2.37. The van der Waals surface area contributed by atoms with E-state index in [2.05, 4.69) is 9.73 Å². The van der Waals surface area contributed by atoms with Crippen molar-refractivity contribution in [1.29, 1.82) is 0 Å². The Kier molecular flexibility index (Phi) is 1.82. The van der Waals surface area contributed by atoms with Crippen molar-refractivity contribution in [2.75, 3.05) is 7.11 Å². The quantitative estimate of drug-likeness (QED) is 0.478. The molecule has 3 nitrogen and oxygen atoms in total. The van der Waals surface area contributed by atoms with Crippen LogP contribution in [0.2, 0.25) is 0 Å². The van der Waals surface area contributed by atoms with Crippen molar-refractivity contribution >= 4 is 12.2 Å². The number of hydrogen-bond acceptors (Lipinski definition) is 3. The zero-order valence-electron chi connectivity index (χ0n) is 5.33. The van der Waals surface area contributed by atoms with Crippen molar-refractivity contribution in [1.82, 2.24) is 0 Å². The second-order valence-corrected chi connectivity index (χ2v) is 1.95. The molecule has 0 fully saturated rings. The Labute approximate surface area is 53.7 Å². The van der Waals surface area contributed by atoms with Crippen LogP contribution in [0.1, 0.15) is 12.8 Å². The van der Waals surface area contributed by atoms with Crippen LogP contribution in [-0.2, 0) is 9.53 Å². The van der Waals surface area contributed by atoms with E-state index in [0.29, 0.717) is 0 Å². The SMILES string of the molecule is COC(=O)[C@@H]1CCC=N1. The lowest BCUT2D eigenvalue weighted by atomic mass is 10.2. The normalized spacial score (nSPS) is 24.3. The van der Waals surface area contributed by atoms with E-state index in [4.69, 9.17) is 0 Å². The first kappa shape index (κ1) is 6.26. The van der Waals surface area contributed by atoms with Gasteiger partial charge in [0.05, 0.1) is 7.11 Å². The van der Waals surface area contributed by atoms with Gasteiger partial charge in [0.25, 0.3) is 0 Å². The molecule has 0 aromatic carbocycles. The molecule has 50 valence electrons. The Morgan fingerprint density at radius 2 is 2.67 bits per heavy atom. The summed E-state index contributed by atoms with van der Waals surface area (Å²) >= 11 is 0. The topological polar surface area (TPSA) is 38.7 Å². The summed E-state index contributed by atoms with van der Waals surface area (Å²) in [4.78, 5) is 14.6. The smallest absolute Gasteiger partial charge is 0.330 e. The fourth-order valence-electron chi connectivity index (χ4n) is 0.823. The molecule has 0 bridgehead atoms. The molecule has 0 aromatic heterocycles. The molecule has 1 aliphatic heterocycles. The van der Waals surface area contributed by atoms with Crippen LogP contribution in [0.4, 0.5) is 0 Å². The van der Waals surface area contributed by atoms with Crippen LogP contribution < -0.4 is 0 Å². The summed E-state index contributed by atoms with van der Waals surface area (Å²) < 4.78 is 4.48. The molecule has 1 heterocycles. The second kappa shape index (κ2) is 2.62. The molecule has 0 unspecified atom stereocenters. The third-order valence-corrected chi connectivity index (χ3v) is 1.33. The summed E-state index contributed by atoms with van der Waals surface area (Å²) in [5, 5.41) is 0. The molecule has 0 aromatic rings. The molecule has 0 amide bonds. The minimum Gasteiger partial charge on any atom is -0.467 e. The Morgan fingerprint density at radius 3 is 3.11 bits per heavy atom. The Morgan fingerprint density at radius 1 is 1.89 bits per heavy atom. The predicted octanol–water partition coefficient (Wildman–Crippen LogP) is 0.393. The van der Waals surface area contributed by atoms with E-state index in [1.807, 2.05) is 0 Å². The average molecular weight is 127 g/mol. The van der Waals surface area contributed by atoms with Gasteiger partial charge >= 0.3 is 5.97 Å². The molecule has 1 rings (SSSR count). The minimum atomic E-state index is -0.219. The van der Waals surface area contributed by atoms with Gasteiger partial charge in [-0.1, -0.05) is 0 Å². The molecule has 1 atom stereocenters. The van der Waals surface area contributed by atoms with Gasteiger partial charge in [-0.25, -0.2) is 4.79 Å². The molecule has 0 aliphatic carbocycles. The Hall–Kier alpha value is -0.860. The number of aliphatic imine (C=N–C) groups is 1. The maximum atomic E-state index is 10.7. The highest BCUT2D eigenvalue weighted by atomic mass is 16.5. The van der Waals surface area contributed by atoms with Crippen molar-refractivity contribution in [2.45, 2.75) is 18.9 Å². The predicted molar refractivity (Wildman–Crippen MR) is 33.5 cm³/mol. The third kappa shape index (κ3) is 1.28. The van der Waals surface area contributed by atoms with Gasteiger partial charge in [-0.3, -0.25) is 4.99 Å². The van der Waals surface area contributed by atoms with Gasteiger partial charge in [-0.05, 0) is 19.1 Å². The molecule has 1 aliphatic rings. The maximum absolute atomic E-state index is 10.7. The number of carbonyl (C=O) groups is 1. The van der Waals surface area contributed by atoms with Gasteiger partial charge < -0.3 is 4.74 Å². The number of rotatable bonds is 1. The van der Waals surface area contributed by atoms with Crippen LogP contribution in [0.15, 0.2) is 4.99 Å². The summed E-state index contributed by atoms with van der Waals surface area (Å²) in [5.74, 6) is -0.219. The van der Waals surface area contributed by atoms with Gasteiger partial charge in [-0.15, -0.1) is 0 Å². The highest BCUT2D eigenvalue weighted by Crippen LogP contribution is 2.08. The van der Waals surface area contributed by atoms with Gasteiger partial charge in [-0.2, -0.15) is 0 Å². The minimum absolute atomic E-state index is 0.213. The number of esters is 1. The summed E-state index contributed by atoms with van der Waals surface area (Å²) in [6, 6.07) is -0.213. The number of hydrogen-bond donors (Lipinski definition) is 0. The Balaban J connectivity index is 2.43. The summed E-state index contributed by atoms with van der Waals surface area (Å²) in [7, 11) is 1.39. The van der Waals surface area contributed by atoms with E-state index in [1.54, 1.807) is 6.21 Å². The molecule has 0 saturated carbocycles. The first-order valence-electron chi connectivity index (χ1n) is 2.94. The van der Waals surface area contributed by atoms with Crippen LogP contribution in [0.25, 0.3) is 0 Å². The maximum Gasteiger partial charge on any atom is 0.330 e. The molecule has 0 saturated heterocycles. The summed E-state index contributed by atoms with van der Waals surface area (Å²) in [5.41, 5.74) is 0. The van der Waals surface area contributed by atoms with E-state index < -0.39 is 0 Å². The van der Waals surface area contributed by atoms with Crippen LogP contribution in [0.3, 0.4) is 0 Å². The van der Waals surface area contributed by atoms with Gasteiger partial charge in [0, 0.05) is 0 Å². The molecule has 0 N–H and O–H groups in total. The molecular formula is C6H9NO2. The first-order valence-corrected chi connectivity index (χ1v) is 2.94. The van der Waals surface area contributed by atoms with Gasteiger partial charge in [0.2, 0.25) is 0 Å². The monoisotopic (exact) mass is 127 g/mol. The second-order valence-electron chi connectivity index (χ2n) is 1.95. The molecular weight excluding hydrogens is 118 g/mol. The van der Waals surface area contributed by atoms with E-state index >= 15 is 0 Å². The lowest BCUT2D eigenvalue weighted by molar-refractivity contribution is -0.141. The number of methoxy groups -OCH3 is 1. The number of ether oxygens (including phenoxy) is 1. The summed E-state index contributed by atoms with van der Waals surface area (Å²) in [6.45, 7) is 0. The van der Waals surface area contributed by atoms with E-state index in [1.165, 1.54) is 7.11 Å². The zero-order chi connectivity index (χ0) is 6.69. The molecule has 0 spiro atoms. The highest BCUT2D eigenvalue weighted by molar-refractivity contribution is 5.80. The third-order valence-electron chi connectivity index (χ3n) is 1.33. The lowest BCUT2D eigenvalue weighted by Crippen LogP contribution is -2.16. The fraction of sp³-hybridized carbons (Fsp3) is 0.667. The van der Waals surface area contributed by atoms with E-state index in [0.717, 1.165) is 12.8 Å².